The number of ether oxygens (including phenoxy) is 1. The van der Waals surface area contributed by atoms with Crippen LogP contribution in [-0.4, -0.2) is 24.3 Å². The minimum atomic E-state index is -0.304. The molecule has 1 aliphatic carbocycles. The van der Waals surface area contributed by atoms with Gasteiger partial charge in [-0.25, -0.2) is 0 Å². The first-order valence-electron chi connectivity index (χ1n) is 9.27. The summed E-state index contributed by atoms with van der Waals surface area (Å²) in [6.45, 7) is -0.249. The molecule has 0 spiro atoms. The summed E-state index contributed by atoms with van der Waals surface area (Å²) in [4.78, 5) is 36.1. The van der Waals surface area contributed by atoms with E-state index in [-0.39, 0.29) is 24.3 Å². The molecule has 5 nitrogen and oxygen atoms in total. The van der Waals surface area contributed by atoms with Crippen LogP contribution in [0.2, 0.25) is 0 Å². The number of hydrogen-bond donors (Lipinski definition) is 1. The highest BCUT2D eigenvalue weighted by molar-refractivity contribution is 6.04. The Hall–Kier alpha value is -2.95. The van der Waals surface area contributed by atoms with Gasteiger partial charge in [0.1, 0.15) is 0 Å². The Morgan fingerprint density at radius 3 is 2.22 bits per heavy atom. The summed E-state index contributed by atoms with van der Waals surface area (Å²) in [6.07, 6.45) is 4.88. The molecule has 0 saturated heterocycles. The number of nitrogens with one attached hydrogen (secondary N) is 1. The number of anilines is 1. The summed E-state index contributed by atoms with van der Waals surface area (Å²) in [6, 6.07) is 15.5. The summed E-state index contributed by atoms with van der Waals surface area (Å²) in [5.74, 6) is -0.367. The van der Waals surface area contributed by atoms with Crippen molar-refractivity contribution in [2.75, 3.05) is 11.9 Å². The highest BCUT2D eigenvalue weighted by atomic mass is 16.5. The predicted octanol–water partition coefficient (Wildman–Crippen LogP) is 4.25. The Balaban J connectivity index is 1.48. The zero-order valence-corrected chi connectivity index (χ0v) is 15.1. The maximum Gasteiger partial charge on any atom is 0.306 e. The molecule has 0 atom stereocenters. The minimum Gasteiger partial charge on any atom is -0.457 e. The lowest BCUT2D eigenvalue weighted by Gasteiger charge is -2.09. The van der Waals surface area contributed by atoms with Crippen molar-refractivity contribution in [1.29, 1.82) is 0 Å². The lowest BCUT2D eigenvalue weighted by atomic mass is 10.0. The largest absolute Gasteiger partial charge is 0.457 e. The van der Waals surface area contributed by atoms with Crippen LogP contribution in [0, 0.1) is 5.92 Å². The zero-order chi connectivity index (χ0) is 19.1. The molecule has 27 heavy (non-hydrogen) atoms. The number of esters is 1. The van der Waals surface area contributed by atoms with E-state index in [4.69, 9.17) is 4.74 Å². The van der Waals surface area contributed by atoms with Gasteiger partial charge in [-0.05, 0) is 55.2 Å². The van der Waals surface area contributed by atoms with E-state index in [1.807, 2.05) is 6.07 Å². The van der Waals surface area contributed by atoms with Crippen LogP contribution in [0.3, 0.4) is 0 Å². The van der Waals surface area contributed by atoms with E-state index < -0.39 is 0 Å². The number of carbonyl (C=O) groups excluding carboxylic acids is 3. The Bertz CT molecular complexity index is 793. The Kier molecular flexibility index (Phi) is 6.36. The van der Waals surface area contributed by atoms with Crippen molar-refractivity contribution in [2.24, 2.45) is 5.92 Å². The number of benzene rings is 2. The quantitative estimate of drug-likeness (QED) is 0.588. The van der Waals surface area contributed by atoms with Crippen molar-refractivity contribution >= 4 is 23.3 Å². The fraction of sp³-hybridized carbons (Fsp3) is 0.318. The lowest BCUT2D eigenvalue weighted by molar-refractivity contribution is -0.143. The van der Waals surface area contributed by atoms with Gasteiger partial charge < -0.3 is 10.1 Å². The standard InChI is InChI=1S/C22H23NO4/c24-20(15-27-21(25)14-16-6-4-5-7-16)17-10-12-19(13-11-17)23-22(26)18-8-2-1-3-9-18/h1-3,8-13,16H,4-7,14-15H2,(H,23,26). The van der Waals surface area contributed by atoms with Crippen LogP contribution in [0.1, 0.15) is 52.8 Å². The SMILES string of the molecule is O=C(CC1CCCC1)OCC(=O)c1ccc(NC(=O)c2ccccc2)cc1. The van der Waals surface area contributed by atoms with Gasteiger partial charge in [-0.1, -0.05) is 31.0 Å². The second-order valence-electron chi connectivity index (χ2n) is 6.84. The van der Waals surface area contributed by atoms with E-state index in [2.05, 4.69) is 5.32 Å². The molecule has 2 aromatic rings. The first kappa shape index (κ1) is 18.8. The number of hydrogen-bond acceptors (Lipinski definition) is 4. The van der Waals surface area contributed by atoms with Crippen LogP contribution >= 0.6 is 0 Å². The van der Waals surface area contributed by atoms with Crippen molar-refractivity contribution in [3.8, 4) is 0 Å². The van der Waals surface area contributed by atoms with Gasteiger partial charge in [0.2, 0.25) is 0 Å². The molecule has 1 aliphatic rings. The van der Waals surface area contributed by atoms with Gasteiger partial charge in [0.05, 0.1) is 0 Å². The monoisotopic (exact) mass is 365 g/mol. The highest BCUT2D eigenvalue weighted by Crippen LogP contribution is 2.27. The molecular formula is C22H23NO4. The van der Waals surface area contributed by atoms with Crippen LogP contribution in [0.25, 0.3) is 0 Å². The van der Waals surface area contributed by atoms with E-state index in [1.54, 1.807) is 48.5 Å². The topological polar surface area (TPSA) is 72.5 Å². The van der Waals surface area contributed by atoms with E-state index in [0.717, 1.165) is 12.8 Å². The molecule has 0 aliphatic heterocycles. The van der Waals surface area contributed by atoms with Crippen LogP contribution in [0.4, 0.5) is 5.69 Å². The third-order valence-electron chi connectivity index (χ3n) is 4.80. The molecule has 0 bridgehead atoms. The van der Waals surface area contributed by atoms with Crippen molar-refractivity contribution in [3.05, 3.63) is 65.7 Å². The first-order chi connectivity index (χ1) is 13.1. The Morgan fingerprint density at radius 1 is 0.889 bits per heavy atom. The average Bonchev–Trinajstić information content (AvgIpc) is 3.20. The van der Waals surface area contributed by atoms with Crippen LogP contribution in [0.5, 0.6) is 0 Å². The fourth-order valence-electron chi connectivity index (χ4n) is 3.27. The van der Waals surface area contributed by atoms with Crippen molar-refractivity contribution in [2.45, 2.75) is 32.1 Å². The summed E-state index contributed by atoms with van der Waals surface area (Å²) < 4.78 is 5.11. The first-order valence-corrected chi connectivity index (χ1v) is 9.27. The smallest absolute Gasteiger partial charge is 0.306 e. The van der Waals surface area contributed by atoms with Crippen LogP contribution in [-0.2, 0) is 9.53 Å². The third-order valence-corrected chi connectivity index (χ3v) is 4.80. The van der Waals surface area contributed by atoms with E-state index in [9.17, 15) is 14.4 Å². The molecule has 3 rings (SSSR count). The Labute approximate surface area is 158 Å². The van der Waals surface area contributed by atoms with Crippen LogP contribution < -0.4 is 5.32 Å². The lowest BCUT2D eigenvalue weighted by Crippen LogP contribution is -2.16. The van der Waals surface area contributed by atoms with Crippen molar-refractivity contribution in [3.63, 3.8) is 0 Å². The van der Waals surface area contributed by atoms with Crippen LogP contribution in [0.15, 0.2) is 54.6 Å². The molecule has 140 valence electrons. The Morgan fingerprint density at radius 2 is 1.56 bits per heavy atom. The summed E-state index contributed by atoms with van der Waals surface area (Å²) in [5.41, 5.74) is 1.60. The number of carbonyl (C=O) groups is 3. The van der Waals surface area contributed by atoms with Gasteiger partial charge in [0.25, 0.3) is 5.91 Å². The molecule has 1 saturated carbocycles. The molecule has 1 fully saturated rings. The van der Waals surface area contributed by atoms with Gasteiger partial charge in [-0.15, -0.1) is 0 Å². The average molecular weight is 365 g/mol. The molecule has 1 N–H and O–H groups in total. The van der Waals surface area contributed by atoms with Gasteiger partial charge in [0.15, 0.2) is 12.4 Å². The van der Waals surface area contributed by atoms with E-state index in [0.29, 0.717) is 29.2 Å². The molecule has 0 heterocycles. The maximum absolute atomic E-state index is 12.2. The van der Waals surface area contributed by atoms with E-state index >= 15 is 0 Å². The molecule has 1 amide bonds. The number of ketones is 1. The summed E-state index contributed by atoms with van der Waals surface area (Å²) in [7, 11) is 0. The molecular weight excluding hydrogens is 342 g/mol. The maximum atomic E-state index is 12.2. The fourth-order valence-corrected chi connectivity index (χ4v) is 3.27. The van der Waals surface area contributed by atoms with E-state index in [1.165, 1.54) is 12.8 Å². The highest BCUT2D eigenvalue weighted by Gasteiger charge is 2.20. The zero-order valence-electron chi connectivity index (χ0n) is 15.1. The molecule has 5 heteroatoms. The third kappa shape index (κ3) is 5.51. The normalized spacial score (nSPS) is 13.9. The van der Waals surface area contributed by atoms with Gasteiger partial charge in [0, 0.05) is 23.2 Å². The number of Topliss-reactive ketones (excluding diaryl/α,β-unsaturated/α-hetero) is 1. The van der Waals surface area contributed by atoms with Gasteiger partial charge in [-0.3, -0.25) is 14.4 Å². The van der Waals surface area contributed by atoms with Crippen molar-refractivity contribution in [1.82, 2.24) is 0 Å². The summed E-state index contributed by atoms with van der Waals surface area (Å²) >= 11 is 0. The van der Waals surface area contributed by atoms with Crippen molar-refractivity contribution < 1.29 is 19.1 Å². The molecule has 0 radical (unpaired) electrons. The predicted molar refractivity (Wildman–Crippen MR) is 103 cm³/mol. The second-order valence-corrected chi connectivity index (χ2v) is 6.84. The number of amides is 1. The minimum absolute atomic E-state index is 0.212. The van der Waals surface area contributed by atoms with Gasteiger partial charge >= 0.3 is 5.97 Å². The second kappa shape index (κ2) is 9.12. The summed E-state index contributed by atoms with van der Waals surface area (Å²) in [5, 5.41) is 2.78. The number of rotatable bonds is 7. The van der Waals surface area contributed by atoms with Gasteiger partial charge in [-0.2, -0.15) is 0 Å². The molecule has 0 aromatic heterocycles. The molecule has 2 aromatic carbocycles. The molecule has 0 unspecified atom stereocenters.